The van der Waals surface area contributed by atoms with Gasteiger partial charge in [-0.25, -0.2) is 10.2 Å². The second kappa shape index (κ2) is 9.93. The summed E-state index contributed by atoms with van der Waals surface area (Å²) in [5.41, 5.74) is 3.57. The molecule has 3 N–H and O–H groups in total. The summed E-state index contributed by atoms with van der Waals surface area (Å²) in [6.07, 6.45) is 3.63. The van der Waals surface area contributed by atoms with Gasteiger partial charge in [0.2, 0.25) is 0 Å². The van der Waals surface area contributed by atoms with Crippen LogP contribution in [0.15, 0.2) is 23.3 Å². The summed E-state index contributed by atoms with van der Waals surface area (Å²) in [5, 5.41) is 16.6. The first kappa shape index (κ1) is 22.8. The Morgan fingerprint density at radius 1 is 1.35 bits per heavy atom. The van der Waals surface area contributed by atoms with Crippen LogP contribution in [0.1, 0.15) is 46.6 Å². The van der Waals surface area contributed by atoms with Crippen LogP contribution in [0, 0.1) is 5.92 Å². The smallest absolute Gasteiger partial charge is 0.341 e. The van der Waals surface area contributed by atoms with Crippen LogP contribution < -0.4 is 10.7 Å². The molecule has 2 amide bonds. The maximum atomic E-state index is 12.5. The number of rotatable bonds is 5. The fourth-order valence-corrected chi connectivity index (χ4v) is 4.83. The number of phenols is 1. The van der Waals surface area contributed by atoms with Crippen LogP contribution in [-0.4, -0.2) is 35.7 Å². The number of carbonyl (C=O) groups excluding carboxylic acids is 3. The van der Waals surface area contributed by atoms with E-state index in [1.165, 1.54) is 35.8 Å². The molecule has 0 fully saturated rings. The Kier molecular flexibility index (Phi) is 7.29. The fraction of sp³-hybridized carbons (Fsp3) is 0.333. The Labute approximate surface area is 188 Å². The first-order valence-electron chi connectivity index (χ1n) is 9.74. The molecule has 2 aromatic rings. The molecule has 1 aromatic heterocycles. The standard InChI is InChI=1S/C21H22ClN3O5S/c1-3-30-21(29)17-14-6-4-11(2)8-16(14)31-20(17)24-18(27)19(28)25-23-10-12-9-13(22)5-7-15(12)26/h5,7,9-11,26H,3-4,6,8H2,1-2H3,(H,24,27)(H,25,28)/b23-10-/t11-/m1/s1. The molecule has 1 aromatic carbocycles. The molecule has 0 unspecified atom stereocenters. The highest BCUT2D eigenvalue weighted by Gasteiger charge is 2.30. The number of esters is 1. The molecule has 0 aliphatic heterocycles. The third-order valence-corrected chi connectivity index (χ3v) is 6.19. The molecule has 164 valence electrons. The topological polar surface area (TPSA) is 117 Å². The average molecular weight is 464 g/mol. The highest BCUT2D eigenvalue weighted by atomic mass is 35.5. The minimum Gasteiger partial charge on any atom is -0.507 e. The van der Waals surface area contributed by atoms with Crippen molar-refractivity contribution in [1.82, 2.24) is 5.43 Å². The normalized spacial score (nSPS) is 15.4. The molecule has 0 bridgehead atoms. The predicted molar refractivity (Wildman–Crippen MR) is 119 cm³/mol. The molecule has 0 radical (unpaired) electrons. The van der Waals surface area contributed by atoms with E-state index in [-0.39, 0.29) is 17.9 Å². The number of thiophene rings is 1. The Bertz CT molecular complexity index is 1050. The third-order valence-electron chi connectivity index (χ3n) is 4.78. The number of nitrogens with one attached hydrogen (secondary N) is 2. The zero-order valence-corrected chi connectivity index (χ0v) is 18.6. The second-order valence-electron chi connectivity index (χ2n) is 7.13. The lowest BCUT2D eigenvalue weighted by Crippen LogP contribution is -2.32. The van der Waals surface area contributed by atoms with Gasteiger partial charge in [-0.2, -0.15) is 5.10 Å². The number of hydrogen-bond donors (Lipinski definition) is 3. The number of hydrazone groups is 1. The van der Waals surface area contributed by atoms with Gasteiger partial charge in [-0.1, -0.05) is 18.5 Å². The van der Waals surface area contributed by atoms with Crippen molar-refractivity contribution >= 4 is 51.9 Å². The van der Waals surface area contributed by atoms with Gasteiger partial charge in [0.05, 0.1) is 18.4 Å². The van der Waals surface area contributed by atoms with Crippen molar-refractivity contribution in [3.8, 4) is 5.75 Å². The zero-order valence-electron chi connectivity index (χ0n) is 17.0. The molecule has 1 aliphatic rings. The van der Waals surface area contributed by atoms with Crippen LogP contribution >= 0.6 is 22.9 Å². The van der Waals surface area contributed by atoms with Gasteiger partial charge in [0, 0.05) is 15.5 Å². The quantitative estimate of drug-likeness (QED) is 0.271. The minimum absolute atomic E-state index is 0.0793. The van der Waals surface area contributed by atoms with Crippen molar-refractivity contribution in [1.29, 1.82) is 0 Å². The number of carbonyl (C=O) groups is 3. The number of phenolic OH excluding ortho intramolecular Hbond substituents is 1. The minimum atomic E-state index is -1.02. The van der Waals surface area contributed by atoms with Gasteiger partial charge in [0.15, 0.2) is 0 Å². The lowest BCUT2D eigenvalue weighted by Gasteiger charge is -2.18. The Balaban J connectivity index is 1.73. The van der Waals surface area contributed by atoms with Gasteiger partial charge in [-0.15, -0.1) is 11.3 Å². The molecule has 1 aliphatic carbocycles. The van der Waals surface area contributed by atoms with Gasteiger partial charge in [0.25, 0.3) is 0 Å². The number of halogens is 1. The molecule has 10 heteroatoms. The molecule has 1 heterocycles. The van der Waals surface area contributed by atoms with Crippen molar-refractivity contribution in [2.75, 3.05) is 11.9 Å². The summed E-state index contributed by atoms with van der Waals surface area (Å²) >= 11 is 7.14. The summed E-state index contributed by atoms with van der Waals surface area (Å²) in [6, 6.07) is 4.34. The van der Waals surface area contributed by atoms with Crippen molar-refractivity contribution < 1.29 is 24.2 Å². The van der Waals surface area contributed by atoms with E-state index in [0.717, 1.165) is 29.7 Å². The van der Waals surface area contributed by atoms with Crippen LogP contribution in [0.3, 0.4) is 0 Å². The predicted octanol–water partition coefficient (Wildman–Crippen LogP) is 3.50. The van der Waals surface area contributed by atoms with Crippen LogP contribution in [0.4, 0.5) is 5.00 Å². The summed E-state index contributed by atoms with van der Waals surface area (Å²) in [5.74, 6) is -2.11. The number of ether oxygens (including phenoxy) is 1. The molecule has 0 saturated carbocycles. The average Bonchev–Trinajstić information content (AvgIpc) is 3.07. The molecule has 0 spiro atoms. The van der Waals surface area contributed by atoms with E-state index in [9.17, 15) is 19.5 Å². The Morgan fingerprint density at radius 3 is 2.87 bits per heavy atom. The van der Waals surface area contributed by atoms with Gasteiger partial charge < -0.3 is 15.2 Å². The van der Waals surface area contributed by atoms with E-state index in [0.29, 0.717) is 21.5 Å². The van der Waals surface area contributed by atoms with Crippen molar-refractivity contribution in [3.05, 3.63) is 44.8 Å². The largest absolute Gasteiger partial charge is 0.507 e. The van der Waals surface area contributed by atoms with Crippen LogP contribution in [0.2, 0.25) is 5.02 Å². The molecule has 3 rings (SSSR count). The van der Waals surface area contributed by atoms with E-state index in [2.05, 4.69) is 22.8 Å². The van der Waals surface area contributed by atoms with Crippen molar-refractivity contribution in [2.24, 2.45) is 11.0 Å². The zero-order chi connectivity index (χ0) is 22.5. The van der Waals surface area contributed by atoms with E-state index in [4.69, 9.17) is 16.3 Å². The monoisotopic (exact) mass is 463 g/mol. The number of fused-ring (bicyclic) bond motifs is 1. The summed E-state index contributed by atoms with van der Waals surface area (Å²) in [4.78, 5) is 38.0. The molecular formula is C21H22ClN3O5S. The number of nitrogens with zero attached hydrogens (tertiary/aromatic N) is 1. The number of hydrogen-bond acceptors (Lipinski definition) is 7. The number of amides is 2. The van der Waals surface area contributed by atoms with Gasteiger partial charge in [-0.05, 0) is 55.9 Å². The number of aromatic hydroxyl groups is 1. The Morgan fingerprint density at radius 2 is 2.13 bits per heavy atom. The maximum Gasteiger partial charge on any atom is 0.341 e. The summed E-state index contributed by atoms with van der Waals surface area (Å²) in [7, 11) is 0. The molecule has 0 saturated heterocycles. The van der Waals surface area contributed by atoms with E-state index >= 15 is 0 Å². The Hall–Kier alpha value is -2.91. The first-order valence-corrected chi connectivity index (χ1v) is 10.9. The molecule has 1 atom stereocenters. The fourth-order valence-electron chi connectivity index (χ4n) is 3.26. The van der Waals surface area contributed by atoms with Crippen molar-refractivity contribution in [3.63, 3.8) is 0 Å². The summed E-state index contributed by atoms with van der Waals surface area (Å²) < 4.78 is 5.15. The van der Waals surface area contributed by atoms with E-state index in [1.54, 1.807) is 6.92 Å². The lowest BCUT2D eigenvalue weighted by atomic mass is 9.88. The van der Waals surface area contributed by atoms with Crippen LogP contribution in [0.25, 0.3) is 0 Å². The van der Waals surface area contributed by atoms with Crippen LogP contribution in [-0.2, 0) is 27.2 Å². The summed E-state index contributed by atoms with van der Waals surface area (Å²) in [6.45, 7) is 4.05. The molecule has 31 heavy (non-hydrogen) atoms. The number of benzene rings is 1. The van der Waals surface area contributed by atoms with E-state index in [1.807, 2.05) is 0 Å². The highest BCUT2D eigenvalue weighted by Crippen LogP contribution is 2.40. The van der Waals surface area contributed by atoms with E-state index < -0.39 is 17.8 Å². The molecule has 8 nitrogen and oxygen atoms in total. The van der Waals surface area contributed by atoms with Crippen molar-refractivity contribution in [2.45, 2.75) is 33.1 Å². The SMILES string of the molecule is CCOC(=O)c1c(NC(=O)C(=O)N/N=C\c2cc(Cl)ccc2O)sc2c1CC[C@@H](C)C2. The molecular weight excluding hydrogens is 442 g/mol. The number of anilines is 1. The highest BCUT2D eigenvalue weighted by molar-refractivity contribution is 7.17. The third kappa shape index (κ3) is 5.42. The first-order chi connectivity index (χ1) is 14.8. The van der Waals surface area contributed by atoms with Gasteiger partial charge in [0.1, 0.15) is 10.8 Å². The van der Waals surface area contributed by atoms with Gasteiger partial charge in [-0.3, -0.25) is 9.59 Å². The maximum absolute atomic E-state index is 12.5. The second-order valence-corrected chi connectivity index (χ2v) is 8.67. The van der Waals surface area contributed by atoms with Crippen LogP contribution in [0.5, 0.6) is 5.75 Å². The van der Waals surface area contributed by atoms with Gasteiger partial charge >= 0.3 is 17.8 Å². The lowest BCUT2D eigenvalue weighted by molar-refractivity contribution is -0.136.